The van der Waals surface area contributed by atoms with Gasteiger partial charge in [-0.1, -0.05) is 11.6 Å². The minimum atomic E-state index is -1.05. The second-order valence-electron chi connectivity index (χ2n) is 9.36. The smallest absolute Gasteiger partial charge is 0.254 e. The summed E-state index contributed by atoms with van der Waals surface area (Å²) in [5.41, 5.74) is 2.07. The molecular formula is C25H21ClF2N8O2. The highest BCUT2D eigenvalue weighted by Crippen LogP contribution is 2.40. The van der Waals surface area contributed by atoms with Gasteiger partial charge in [-0.25, -0.2) is 13.8 Å². The molecule has 0 saturated heterocycles. The fourth-order valence-electron chi connectivity index (χ4n) is 4.43. The van der Waals surface area contributed by atoms with Crippen molar-refractivity contribution in [3.8, 4) is 16.9 Å². The Labute approximate surface area is 219 Å². The zero-order valence-electron chi connectivity index (χ0n) is 20.2. The van der Waals surface area contributed by atoms with Crippen LogP contribution >= 0.6 is 11.6 Å². The number of H-pyrrole nitrogens is 1. The fraction of sp³-hybridized carbons (Fsp3) is 0.240. The Morgan fingerprint density at radius 2 is 2.05 bits per heavy atom. The normalized spacial score (nSPS) is 16.8. The van der Waals surface area contributed by atoms with Gasteiger partial charge in [-0.15, -0.1) is 0 Å². The van der Waals surface area contributed by atoms with E-state index in [1.54, 1.807) is 43.2 Å². The number of halogens is 3. The predicted octanol–water partition coefficient (Wildman–Crippen LogP) is 3.90. The van der Waals surface area contributed by atoms with Gasteiger partial charge in [-0.3, -0.25) is 19.7 Å². The molecule has 2 N–H and O–H groups in total. The van der Waals surface area contributed by atoms with E-state index in [-0.39, 0.29) is 35.4 Å². The lowest BCUT2D eigenvalue weighted by molar-refractivity contribution is -0.118. The molecule has 0 spiro atoms. The number of nitrogens with zero attached hydrogens (tertiary/aromatic N) is 6. The van der Waals surface area contributed by atoms with Crippen LogP contribution in [0, 0.1) is 11.7 Å². The van der Waals surface area contributed by atoms with Crippen molar-refractivity contribution in [3.63, 3.8) is 0 Å². The molecule has 0 unspecified atom stereocenters. The average molecular weight is 539 g/mol. The number of Topliss-reactive ketones (excluding diaryl/α,β-unsaturated/α-hetero) is 1. The summed E-state index contributed by atoms with van der Waals surface area (Å²) in [6.07, 6.45) is 8.67. The van der Waals surface area contributed by atoms with Crippen LogP contribution in [0.15, 0.2) is 43.2 Å². The molecule has 6 rings (SSSR count). The van der Waals surface area contributed by atoms with Gasteiger partial charge in [0.15, 0.2) is 17.2 Å². The zero-order valence-corrected chi connectivity index (χ0v) is 21.0. The summed E-state index contributed by atoms with van der Waals surface area (Å²) in [5, 5.41) is 10.2. The summed E-state index contributed by atoms with van der Waals surface area (Å²) >= 11 is 6.58. The van der Waals surface area contributed by atoms with Gasteiger partial charge < -0.3 is 19.2 Å². The quantitative estimate of drug-likeness (QED) is 0.325. The third kappa shape index (κ3) is 3.97. The van der Waals surface area contributed by atoms with Gasteiger partial charge in [0.1, 0.15) is 17.7 Å². The third-order valence-electron chi connectivity index (χ3n) is 6.54. The highest BCUT2D eigenvalue weighted by Gasteiger charge is 2.42. The minimum Gasteiger partial charge on any atom is -0.362 e. The van der Waals surface area contributed by atoms with Crippen LogP contribution in [0.2, 0.25) is 5.02 Å². The summed E-state index contributed by atoms with van der Waals surface area (Å²) in [7, 11) is 3.27. The van der Waals surface area contributed by atoms with Gasteiger partial charge in [0.05, 0.1) is 52.8 Å². The average Bonchev–Trinajstić information content (AvgIpc) is 3.31. The number of hydrogen-bond acceptors (Lipinski definition) is 6. The van der Waals surface area contributed by atoms with Crippen LogP contribution in [0.25, 0.3) is 33.5 Å². The molecule has 13 heteroatoms. The number of alkyl halides is 1. The summed E-state index contributed by atoms with van der Waals surface area (Å²) in [5.74, 6) is -1.23. The Kier molecular flexibility index (Phi) is 5.64. The summed E-state index contributed by atoms with van der Waals surface area (Å²) in [6.45, 7) is -0.0232. The van der Waals surface area contributed by atoms with Gasteiger partial charge in [0.2, 0.25) is 0 Å². The second kappa shape index (κ2) is 8.91. The molecule has 1 aromatic carbocycles. The molecule has 1 aliphatic rings. The number of carbonyl (C=O) groups is 2. The van der Waals surface area contributed by atoms with Crippen molar-refractivity contribution in [2.75, 3.05) is 26.0 Å². The van der Waals surface area contributed by atoms with Crippen molar-refractivity contribution in [3.05, 3.63) is 59.7 Å². The molecule has 38 heavy (non-hydrogen) atoms. The van der Waals surface area contributed by atoms with Crippen molar-refractivity contribution in [1.29, 1.82) is 0 Å². The van der Waals surface area contributed by atoms with Crippen LogP contribution in [0.4, 0.5) is 14.6 Å². The zero-order chi connectivity index (χ0) is 26.7. The number of anilines is 1. The first-order valence-corrected chi connectivity index (χ1v) is 12.1. The summed E-state index contributed by atoms with van der Waals surface area (Å²) in [6, 6.07) is 1.60. The molecule has 10 nitrogen and oxygen atoms in total. The maximum Gasteiger partial charge on any atom is 0.254 e. The van der Waals surface area contributed by atoms with Crippen LogP contribution < -0.4 is 5.32 Å². The van der Waals surface area contributed by atoms with Crippen molar-refractivity contribution in [1.82, 2.24) is 34.0 Å². The number of aromatic nitrogens is 6. The lowest BCUT2D eigenvalue weighted by atomic mass is 10.1. The van der Waals surface area contributed by atoms with Crippen LogP contribution in [0.3, 0.4) is 0 Å². The lowest BCUT2D eigenvalue weighted by Crippen LogP contribution is -2.21. The van der Waals surface area contributed by atoms with Crippen molar-refractivity contribution in [2.45, 2.75) is 12.6 Å². The maximum absolute atomic E-state index is 15.8. The van der Waals surface area contributed by atoms with E-state index in [2.05, 4.69) is 25.5 Å². The van der Waals surface area contributed by atoms with Crippen molar-refractivity contribution in [2.24, 2.45) is 5.92 Å². The van der Waals surface area contributed by atoms with Gasteiger partial charge in [0.25, 0.3) is 5.91 Å². The van der Waals surface area contributed by atoms with Gasteiger partial charge >= 0.3 is 0 Å². The highest BCUT2D eigenvalue weighted by atomic mass is 35.5. The van der Waals surface area contributed by atoms with E-state index in [0.29, 0.717) is 39.2 Å². The molecule has 2 atom stereocenters. The topological polar surface area (TPSA) is 113 Å². The fourth-order valence-corrected chi connectivity index (χ4v) is 4.72. The van der Waals surface area contributed by atoms with E-state index in [1.807, 2.05) is 0 Å². The monoisotopic (exact) mass is 538 g/mol. The molecule has 0 aliphatic heterocycles. The first-order valence-electron chi connectivity index (χ1n) is 11.7. The number of aromatic amines is 1. The molecular weight excluding hydrogens is 518 g/mol. The Hall–Kier alpha value is -4.32. The number of fused-ring (bicyclic) bond motifs is 2. The van der Waals surface area contributed by atoms with E-state index in [0.717, 1.165) is 0 Å². The highest BCUT2D eigenvalue weighted by molar-refractivity contribution is 6.35. The van der Waals surface area contributed by atoms with Gasteiger partial charge in [0, 0.05) is 43.6 Å². The van der Waals surface area contributed by atoms with Crippen molar-refractivity contribution < 1.29 is 18.4 Å². The molecule has 1 saturated carbocycles. The molecule has 1 fully saturated rings. The predicted molar refractivity (Wildman–Crippen MR) is 137 cm³/mol. The van der Waals surface area contributed by atoms with E-state index in [9.17, 15) is 14.0 Å². The Bertz CT molecular complexity index is 1740. The second-order valence-corrected chi connectivity index (χ2v) is 9.74. The van der Waals surface area contributed by atoms with Crippen LogP contribution in [-0.4, -0.2) is 72.5 Å². The largest absolute Gasteiger partial charge is 0.362 e. The molecule has 194 valence electrons. The molecule has 0 radical (unpaired) electrons. The number of amides is 1. The maximum atomic E-state index is 15.8. The Morgan fingerprint density at radius 3 is 2.79 bits per heavy atom. The number of rotatable bonds is 7. The van der Waals surface area contributed by atoms with Crippen LogP contribution in [0.5, 0.6) is 0 Å². The van der Waals surface area contributed by atoms with E-state index in [1.165, 1.54) is 28.1 Å². The molecule has 1 aliphatic carbocycles. The number of ketones is 1. The van der Waals surface area contributed by atoms with E-state index < -0.39 is 17.9 Å². The molecule has 1 amide bonds. The van der Waals surface area contributed by atoms with Crippen LogP contribution in [-0.2, 0) is 4.79 Å². The standard InChI is InChI=1S/C25H21ClF2N8O2/c1-34(2)25(38)12-3-4-35(9-12)24-22(28)21(26)20(14-6-31-33-23(14)24)16-10-36-11-18(32-19(36)8-29-16)30-7-17(37)13-5-15(13)27/h3-4,6,8-11,13,15,30H,5,7H2,1-2H3,(H,31,33)/t13-,15+/m1/s1. The Balaban J connectivity index is 1.37. The molecule has 0 bridgehead atoms. The summed E-state index contributed by atoms with van der Waals surface area (Å²) in [4.78, 5) is 34.6. The van der Waals surface area contributed by atoms with E-state index >= 15 is 4.39 Å². The lowest BCUT2D eigenvalue weighted by Gasteiger charge is -2.13. The number of benzene rings is 1. The minimum absolute atomic E-state index is 0.0232. The number of hydrogen-bond donors (Lipinski definition) is 2. The first-order chi connectivity index (χ1) is 18.2. The van der Waals surface area contributed by atoms with Gasteiger partial charge in [-0.2, -0.15) is 5.10 Å². The summed E-state index contributed by atoms with van der Waals surface area (Å²) < 4.78 is 32.1. The molecule has 5 aromatic rings. The number of nitrogens with one attached hydrogen (secondary N) is 2. The van der Waals surface area contributed by atoms with E-state index in [4.69, 9.17) is 11.6 Å². The first kappa shape index (κ1) is 24.0. The molecule has 4 heterocycles. The SMILES string of the molecule is CN(C)C(=O)c1ccn(-c2c(F)c(Cl)c(-c3cn4cc(NCC(=O)[C@@H]5C[C@@H]5F)nc4cn3)c3cn[nH]c23)c1. The van der Waals surface area contributed by atoms with Crippen LogP contribution in [0.1, 0.15) is 16.8 Å². The van der Waals surface area contributed by atoms with Crippen molar-refractivity contribution >= 4 is 45.7 Å². The number of imidazole rings is 1. The molecule has 4 aromatic heterocycles. The third-order valence-corrected chi connectivity index (χ3v) is 6.89. The van der Waals surface area contributed by atoms with Gasteiger partial charge in [-0.05, 0) is 12.5 Å². The number of carbonyl (C=O) groups excluding carboxylic acids is 2. The Morgan fingerprint density at radius 1 is 1.26 bits per heavy atom.